The van der Waals surface area contributed by atoms with Crippen molar-refractivity contribution < 1.29 is 14.3 Å². The number of benzene rings is 1. The Morgan fingerprint density at radius 1 is 1.31 bits per heavy atom. The van der Waals surface area contributed by atoms with E-state index < -0.39 is 5.54 Å². The van der Waals surface area contributed by atoms with E-state index in [4.69, 9.17) is 31.9 Å². The van der Waals surface area contributed by atoms with Gasteiger partial charge in [-0.3, -0.25) is 9.69 Å². The fraction of sp³-hybridized carbons (Fsp3) is 0.536. The molecule has 4 rings (SSSR count). The van der Waals surface area contributed by atoms with Crippen LogP contribution in [0.2, 0.25) is 5.02 Å². The number of halogens is 1. The van der Waals surface area contributed by atoms with E-state index >= 15 is 0 Å². The molecule has 0 radical (unpaired) electrons. The molecule has 208 valence electrons. The molecule has 3 heterocycles. The van der Waals surface area contributed by atoms with Gasteiger partial charge in [0.2, 0.25) is 0 Å². The molecule has 1 unspecified atom stereocenters. The number of ether oxygens (including phenoxy) is 2. The summed E-state index contributed by atoms with van der Waals surface area (Å²) in [6.45, 7) is 15.4. The second kappa shape index (κ2) is 11.0. The van der Waals surface area contributed by atoms with Crippen LogP contribution < -0.4 is 10.5 Å². The Morgan fingerprint density at radius 3 is 2.62 bits per heavy atom. The van der Waals surface area contributed by atoms with Gasteiger partial charge in [-0.1, -0.05) is 25.4 Å². The van der Waals surface area contributed by atoms with Crippen molar-refractivity contribution in [2.45, 2.75) is 66.0 Å². The molecule has 11 heteroatoms. The van der Waals surface area contributed by atoms with Gasteiger partial charge in [-0.05, 0) is 46.6 Å². The van der Waals surface area contributed by atoms with Gasteiger partial charge in [-0.25, -0.2) is 14.6 Å². The Balaban J connectivity index is 1.74. The van der Waals surface area contributed by atoms with Crippen molar-refractivity contribution >= 4 is 34.4 Å². The van der Waals surface area contributed by atoms with Gasteiger partial charge in [0.25, 0.3) is 0 Å². The maximum Gasteiger partial charge on any atom is 0.325 e. The molecule has 39 heavy (non-hydrogen) atoms. The van der Waals surface area contributed by atoms with Crippen LogP contribution in [0.25, 0.3) is 11.0 Å². The van der Waals surface area contributed by atoms with Crippen molar-refractivity contribution in [2.75, 3.05) is 32.0 Å². The van der Waals surface area contributed by atoms with Gasteiger partial charge in [0.1, 0.15) is 29.5 Å². The lowest BCUT2D eigenvalue weighted by atomic mass is 9.82. The number of hydrogen-bond acceptors (Lipinski definition) is 9. The minimum atomic E-state index is -0.802. The molecule has 2 N–H and O–H groups in total. The number of nitrogen functional groups attached to an aromatic ring is 1. The number of nitrogens with zero attached hydrogens (tertiary/aromatic N) is 6. The first-order chi connectivity index (χ1) is 18.4. The largest absolute Gasteiger partial charge is 0.493 e. The molecule has 0 saturated carbocycles. The molecule has 1 atom stereocenters. The van der Waals surface area contributed by atoms with Gasteiger partial charge < -0.3 is 15.2 Å². The van der Waals surface area contributed by atoms with E-state index in [-0.39, 0.29) is 23.8 Å². The summed E-state index contributed by atoms with van der Waals surface area (Å²) < 4.78 is 13.5. The zero-order valence-corrected chi connectivity index (χ0v) is 24.3. The second-order valence-electron chi connectivity index (χ2n) is 10.9. The standard InChI is InChI=1S/C28H36ClN7O3/c1-8-38-24-19(17(5)36-26-22(16(4)34-36)25(31)32-14-33-26)9-21(29)20(10-30)23(24)18-11-35(12-18)28(6,7)27(37)39-13-15(2)3/h9,14-15,17-18H,8,11-13H2,1-7H3,(H2,31,32,33). The third kappa shape index (κ3) is 5.13. The predicted octanol–water partition coefficient (Wildman–Crippen LogP) is 4.63. The molecule has 2 aromatic heterocycles. The quantitative estimate of drug-likeness (QED) is 0.376. The summed E-state index contributed by atoms with van der Waals surface area (Å²) in [5.74, 6) is 0.911. The highest BCUT2D eigenvalue weighted by Crippen LogP contribution is 2.45. The van der Waals surface area contributed by atoms with Crippen molar-refractivity contribution in [1.29, 1.82) is 5.26 Å². The van der Waals surface area contributed by atoms with Crippen LogP contribution in [0, 0.1) is 24.2 Å². The molecule has 1 fully saturated rings. The van der Waals surface area contributed by atoms with Crippen molar-refractivity contribution in [3.63, 3.8) is 0 Å². The van der Waals surface area contributed by atoms with E-state index in [0.717, 1.165) is 11.1 Å². The molecule has 0 bridgehead atoms. The molecule has 3 aromatic rings. The topological polar surface area (TPSA) is 132 Å². The van der Waals surface area contributed by atoms with Gasteiger partial charge in [-0.2, -0.15) is 10.4 Å². The molecule has 0 aliphatic carbocycles. The summed E-state index contributed by atoms with van der Waals surface area (Å²) >= 11 is 6.72. The van der Waals surface area contributed by atoms with Gasteiger partial charge in [-0.15, -0.1) is 0 Å². The number of likely N-dealkylation sites (tertiary alicyclic amines) is 1. The fourth-order valence-corrected chi connectivity index (χ4v) is 5.29. The highest BCUT2D eigenvalue weighted by molar-refractivity contribution is 6.32. The third-order valence-corrected chi connectivity index (χ3v) is 7.63. The van der Waals surface area contributed by atoms with E-state index in [1.807, 2.05) is 48.5 Å². The summed E-state index contributed by atoms with van der Waals surface area (Å²) in [7, 11) is 0. The predicted molar refractivity (Wildman–Crippen MR) is 150 cm³/mol. The lowest BCUT2D eigenvalue weighted by Crippen LogP contribution is -2.60. The Bertz CT molecular complexity index is 1440. The number of carbonyl (C=O) groups excluding carboxylic acids is 1. The number of nitriles is 1. The summed E-state index contributed by atoms with van der Waals surface area (Å²) in [6.07, 6.45) is 1.42. The van der Waals surface area contributed by atoms with Crippen LogP contribution in [0.1, 0.15) is 75.9 Å². The van der Waals surface area contributed by atoms with Crippen molar-refractivity contribution in [2.24, 2.45) is 5.92 Å². The Labute approximate surface area is 234 Å². The fourth-order valence-electron chi connectivity index (χ4n) is 5.03. The first kappa shape index (κ1) is 28.6. The first-order valence-electron chi connectivity index (χ1n) is 13.2. The number of hydrogen-bond donors (Lipinski definition) is 1. The number of rotatable bonds is 9. The number of nitrogens with two attached hydrogens (primary N) is 1. The highest BCUT2D eigenvalue weighted by Gasteiger charge is 2.45. The van der Waals surface area contributed by atoms with Crippen LogP contribution in [0.5, 0.6) is 5.75 Å². The average Bonchev–Trinajstić information content (AvgIpc) is 3.19. The SMILES string of the molecule is CCOc1c(C(C)n2nc(C)c3c(N)ncnc32)cc(Cl)c(C#N)c1C1CN(C(C)(C)C(=O)OCC(C)C)C1. The van der Waals surface area contributed by atoms with E-state index in [0.29, 0.717) is 65.2 Å². The van der Waals surface area contributed by atoms with Crippen LogP contribution in [-0.4, -0.2) is 62.5 Å². The molecule has 10 nitrogen and oxygen atoms in total. The van der Waals surface area contributed by atoms with Crippen LogP contribution >= 0.6 is 11.6 Å². The number of aryl methyl sites for hydroxylation is 1. The number of anilines is 1. The Hall–Kier alpha value is -3.42. The van der Waals surface area contributed by atoms with Crippen molar-refractivity contribution in [3.05, 3.63) is 39.8 Å². The summed E-state index contributed by atoms with van der Waals surface area (Å²) in [5.41, 5.74) is 8.55. The smallest absolute Gasteiger partial charge is 0.325 e. The molecule has 0 amide bonds. The van der Waals surface area contributed by atoms with E-state index in [2.05, 4.69) is 20.9 Å². The third-order valence-electron chi connectivity index (χ3n) is 7.34. The molecule has 1 aliphatic rings. The molecule has 0 spiro atoms. The summed E-state index contributed by atoms with van der Waals surface area (Å²) in [4.78, 5) is 23.4. The van der Waals surface area contributed by atoms with Gasteiger partial charge in [0.05, 0.1) is 40.9 Å². The lowest BCUT2D eigenvalue weighted by Gasteiger charge is -2.48. The average molecular weight is 554 g/mol. The first-order valence-corrected chi connectivity index (χ1v) is 13.6. The minimum Gasteiger partial charge on any atom is -0.493 e. The van der Waals surface area contributed by atoms with E-state index in [9.17, 15) is 10.1 Å². The Morgan fingerprint density at radius 2 is 2.00 bits per heavy atom. The zero-order valence-electron chi connectivity index (χ0n) is 23.6. The van der Waals surface area contributed by atoms with E-state index in [1.165, 1.54) is 6.33 Å². The van der Waals surface area contributed by atoms with Gasteiger partial charge in [0, 0.05) is 30.1 Å². The van der Waals surface area contributed by atoms with Crippen LogP contribution in [0.4, 0.5) is 5.82 Å². The number of aromatic nitrogens is 4. The van der Waals surface area contributed by atoms with Crippen LogP contribution in [-0.2, 0) is 9.53 Å². The summed E-state index contributed by atoms with van der Waals surface area (Å²) in [5, 5.41) is 15.8. The molecular formula is C28H36ClN7O3. The van der Waals surface area contributed by atoms with E-state index in [1.54, 1.807) is 10.7 Å². The second-order valence-corrected chi connectivity index (χ2v) is 11.3. The molecule has 1 aliphatic heterocycles. The molecule has 1 aromatic carbocycles. The van der Waals surface area contributed by atoms with Crippen molar-refractivity contribution in [3.8, 4) is 11.8 Å². The maximum absolute atomic E-state index is 12.8. The van der Waals surface area contributed by atoms with Gasteiger partial charge in [0.15, 0.2) is 5.65 Å². The monoisotopic (exact) mass is 553 g/mol. The summed E-state index contributed by atoms with van der Waals surface area (Å²) in [6, 6.07) is 3.73. The molecular weight excluding hydrogens is 518 g/mol. The number of esters is 1. The lowest BCUT2D eigenvalue weighted by molar-refractivity contribution is -0.160. The number of carbonyl (C=O) groups is 1. The number of fused-ring (bicyclic) bond motifs is 1. The minimum absolute atomic E-state index is 0.0582. The normalized spacial score (nSPS) is 15.3. The Kier molecular flexibility index (Phi) is 8.05. The zero-order chi connectivity index (χ0) is 28.6. The van der Waals surface area contributed by atoms with Crippen molar-refractivity contribution in [1.82, 2.24) is 24.6 Å². The molecule has 1 saturated heterocycles. The highest BCUT2D eigenvalue weighted by atomic mass is 35.5. The maximum atomic E-state index is 12.8. The van der Waals surface area contributed by atoms with Crippen LogP contribution in [0.3, 0.4) is 0 Å². The van der Waals surface area contributed by atoms with Crippen LogP contribution in [0.15, 0.2) is 12.4 Å². The van der Waals surface area contributed by atoms with Gasteiger partial charge >= 0.3 is 5.97 Å².